The Balaban J connectivity index is 1.97. The van der Waals surface area contributed by atoms with Crippen molar-refractivity contribution < 1.29 is 12.9 Å². The van der Waals surface area contributed by atoms with Gasteiger partial charge in [0.05, 0.1) is 11.4 Å². The van der Waals surface area contributed by atoms with Crippen molar-refractivity contribution in [3.63, 3.8) is 0 Å². The topological polar surface area (TPSA) is 82.2 Å². The van der Waals surface area contributed by atoms with Gasteiger partial charge in [0.2, 0.25) is 0 Å². The van der Waals surface area contributed by atoms with Crippen molar-refractivity contribution in [2.45, 2.75) is 43.5 Å². The minimum Gasteiger partial charge on any atom is -0.361 e. The Labute approximate surface area is 128 Å². The van der Waals surface area contributed by atoms with E-state index in [0.717, 1.165) is 55.4 Å². The van der Waals surface area contributed by atoms with E-state index in [1.807, 2.05) is 0 Å². The van der Waals surface area contributed by atoms with Crippen molar-refractivity contribution in [2.75, 3.05) is 6.26 Å². The molecule has 0 saturated carbocycles. The van der Waals surface area contributed by atoms with Crippen molar-refractivity contribution in [1.82, 2.24) is 9.72 Å². The first-order valence-electron chi connectivity index (χ1n) is 7.32. The molecular formula is C15H18N2O4S. The van der Waals surface area contributed by atoms with Crippen LogP contribution in [0.2, 0.25) is 0 Å². The van der Waals surface area contributed by atoms with Gasteiger partial charge < -0.3 is 9.09 Å². The number of aromatic nitrogens is 2. The lowest BCUT2D eigenvalue weighted by molar-refractivity contribution is 0.373. The standard InChI is InChI=1S/C15H18N2O4S/c1-22(19,20)11-7-8-15(18)17(9-11)10-13-12-5-3-2-4-6-14(12)21-16-13/h7-9H,2-6,10H2,1H3. The van der Waals surface area contributed by atoms with E-state index in [-0.39, 0.29) is 17.0 Å². The number of nitrogens with zero attached hydrogens (tertiary/aromatic N) is 2. The first-order valence-corrected chi connectivity index (χ1v) is 9.21. The van der Waals surface area contributed by atoms with Crippen molar-refractivity contribution >= 4 is 9.84 Å². The molecule has 0 radical (unpaired) electrons. The Bertz CT molecular complexity index is 849. The van der Waals surface area contributed by atoms with Crippen molar-refractivity contribution in [2.24, 2.45) is 0 Å². The van der Waals surface area contributed by atoms with Gasteiger partial charge in [0.1, 0.15) is 11.5 Å². The third kappa shape index (κ3) is 2.99. The fourth-order valence-electron chi connectivity index (χ4n) is 2.76. The molecule has 1 aliphatic rings. The third-order valence-corrected chi connectivity index (χ3v) is 5.08. The van der Waals surface area contributed by atoms with Crippen LogP contribution >= 0.6 is 0 Å². The quantitative estimate of drug-likeness (QED) is 0.801. The summed E-state index contributed by atoms with van der Waals surface area (Å²) in [6.45, 7) is 0.237. The summed E-state index contributed by atoms with van der Waals surface area (Å²) in [5.41, 5.74) is 1.55. The van der Waals surface area contributed by atoms with Crippen molar-refractivity contribution in [3.05, 3.63) is 45.7 Å². The monoisotopic (exact) mass is 322 g/mol. The zero-order valence-corrected chi connectivity index (χ0v) is 13.2. The second-order valence-corrected chi connectivity index (χ2v) is 7.71. The minimum atomic E-state index is -3.35. The smallest absolute Gasteiger partial charge is 0.250 e. The number of fused-ring (bicyclic) bond motifs is 1. The van der Waals surface area contributed by atoms with Gasteiger partial charge >= 0.3 is 0 Å². The highest BCUT2D eigenvalue weighted by atomic mass is 32.2. The highest BCUT2D eigenvalue weighted by Gasteiger charge is 2.19. The van der Waals surface area contributed by atoms with E-state index in [1.165, 1.54) is 22.9 Å². The molecule has 6 nitrogen and oxygen atoms in total. The predicted octanol–water partition coefficient (Wildman–Crippen LogP) is 1.56. The molecule has 0 bridgehead atoms. The summed E-state index contributed by atoms with van der Waals surface area (Å²) in [4.78, 5) is 12.1. The molecule has 7 heteroatoms. The second kappa shape index (κ2) is 5.72. The molecule has 118 valence electrons. The first-order chi connectivity index (χ1) is 10.4. The van der Waals surface area contributed by atoms with Crippen LogP contribution in [0.3, 0.4) is 0 Å². The van der Waals surface area contributed by atoms with Crippen LogP contribution in [0.5, 0.6) is 0 Å². The summed E-state index contributed by atoms with van der Waals surface area (Å²) in [6.07, 6.45) is 7.60. The van der Waals surface area contributed by atoms with E-state index in [0.29, 0.717) is 0 Å². The SMILES string of the molecule is CS(=O)(=O)c1ccc(=O)n(Cc2noc3c2CCCCC3)c1. The number of sulfone groups is 1. The lowest BCUT2D eigenvalue weighted by atomic mass is 10.1. The van der Waals surface area contributed by atoms with Crippen LogP contribution in [0.1, 0.15) is 36.3 Å². The molecule has 0 aromatic carbocycles. The van der Waals surface area contributed by atoms with Crippen LogP contribution in [0.4, 0.5) is 0 Å². The largest absolute Gasteiger partial charge is 0.361 e. The second-order valence-electron chi connectivity index (χ2n) is 5.69. The van der Waals surface area contributed by atoms with Gasteiger partial charge in [0.15, 0.2) is 9.84 Å². The fourth-order valence-corrected chi connectivity index (χ4v) is 3.40. The van der Waals surface area contributed by atoms with Gasteiger partial charge in [-0.1, -0.05) is 11.6 Å². The maximum Gasteiger partial charge on any atom is 0.250 e. The average Bonchev–Trinajstić information content (AvgIpc) is 2.69. The van der Waals surface area contributed by atoms with E-state index < -0.39 is 9.84 Å². The summed E-state index contributed by atoms with van der Waals surface area (Å²) < 4.78 is 30.0. The number of aryl methyl sites for hydroxylation is 1. The molecule has 0 unspecified atom stereocenters. The normalized spacial score (nSPS) is 15.3. The van der Waals surface area contributed by atoms with E-state index in [9.17, 15) is 13.2 Å². The van der Waals surface area contributed by atoms with Gasteiger partial charge in [-0.05, 0) is 25.3 Å². The third-order valence-electron chi connectivity index (χ3n) is 3.99. The molecule has 0 aliphatic heterocycles. The summed E-state index contributed by atoms with van der Waals surface area (Å²) in [5, 5.41) is 4.08. The number of hydrogen-bond donors (Lipinski definition) is 0. The molecule has 0 atom stereocenters. The molecule has 0 fully saturated rings. The predicted molar refractivity (Wildman–Crippen MR) is 80.7 cm³/mol. The molecular weight excluding hydrogens is 304 g/mol. The van der Waals surface area contributed by atoms with Gasteiger partial charge in [-0.3, -0.25) is 4.79 Å². The molecule has 22 heavy (non-hydrogen) atoms. The van der Waals surface area contributed by atoms with Crippen LogP contribution in [0.25, 0.3) is 0 Å². The zero-order valence-electron chi connectivity index (χ0n) is 12.4. The van der Waals surface area contributed by atoms with E-state index in [2.05, 4.69) is 5.16 Å². The van der Waals surface area contributed by atoms with Crippen LogP contribution in [0.15, 0.2) is 32.5 Å². The average molecular weight is 322 g/mol. The number of hydrogen-bond acceptors (Lipinski definition) is 5. The first kappa shape index (κ1) is 15.0. The maximum absolute atomic E-state index is 12.0. The van der Waals surface area contributed by atoms with Crippen LogP contribution in [0, 0.1) is 0 Å². The zero-order chi connectivity index (χ0) is 15.7. The van der Waals surface area contributed by atoms with Crippen LogP contribution in [-0.4, -0.2) is 24.4 Å². The Morgan fingerprint density at radius 3 is 2.77 bits per heavy atom. The molecule has 0 spiro atoms. The van der Waals surface area contributed by atoms with Gasteiger partial charge in [-0.2, -0.15) is 0 Å². The molecule has 2 aromatic rings. The molecule has 3 rings (SSSR count). The summed E-state index contributed by atoms with van der Waals surface area (Å²) in [5.74, 6) is 0.903. The van der Waals surface area contributed by atoms with Crippen molar-refractivity contribution in [1.29, 1.82) is 0 Å². The molecule has 1 aliphatic carbocycles. The lowest BCUT2D eigenvalue weighted by Gasteiger charge is -2.07. The molecule has 2 aromatic heterocycles. The summed E-state index contributed by atoms with van der Waals surface area (Å²) in [7, 11) is -3.35. The Morgan fingerprint density at radius 1 is 1.23 bits per heavy atom. The fraction of sp³-hybridized carbons (Fsp3) is 0.467. The highest BCUT2D eigenvalue weighted by Crippen LogP contribution is 2.24. The van der Waals surface area contributed by atoms with Gasteiger partial charge in [0, 0.05) is 30.5 Å². The van der Waals surface area contributed by atoms with Gasteiger partial charge in [-0.15, -0.1) is 0 Å². The van der Waals surface area contributed by atoms with E-state index >= 15 is 0 Å². The highest BCUT2D eigenvalue weighted by molar-refractivity contribution is 7.90. The van der Waals surface area contributed by atoms with E-state index in [4.69, 9.17) is 4.52 Å². The lowest BCUT2D eigenvalue weighted by Crippen LogP contribution is -2.21. The minimum absolute atomic E-state index is 0.127. The van der Waals surface area contributed by atoms with E-state index in [1.54, 1.807) is 0 Å². The Hall–Kier alpha value is -1.89. The van der Waals surface area contributed by atoms with Crippen molar-refractivity contribution in [3.8, 4) is 0 Å². The molecule has 0 N–H and O–H groups in total. The summed E-state index contributed by atoms with van der Waals surface area (Å²) >= 11 is 0. The van der Waals surface area contributed by atoms with Gasteiger partial charge in [-0.25, -0.2) is 8.42 Å². The van der Waals surface area contributed by atoms with Gasteiger partial charge in [0.25, 0.3) is 5.56 Å². The Kier molecular flexibility index (Phi) is 3.90. The van der Waals surface area contributed by atoms with Crippen LogP contribution < -0.4 is 5.56 Å². The Morgan fingerprint density at radius 2 is 2.00 bits per heavy atom. The maximum atomic E-state index is 12.0. The summed E-state index contributed by atoms with van der Waals surface area (Å²) in [6, 6.07) is 2.60. The molecule has 0 saturated heterocycles. The number of pyridine rings is 1. The molecule has 0 amide bonds. The van der Waals surface area contributed by atoms with Crippen LogP contribution in [-0.2, 0) is 29.2 Å². The number of rotatable bonds is 3. The molecule has 2 heterocycles.